The maximum atomic E-state index is 6.76. The van der Waals surface area contributed by atoms with Crippen molar-refractivity contribution < 1.29 is 33.2 Å². The third-order valence-corrected chi connectivity index (χ3v) is 8.41. The molecular formula is C35H38O7. The molecule has 220 valence electrons. The fraction of sp³-hybridized carbons (Fsp3) is 0.429. The van der Waals surface area contributed by atoms with Gasteiger partial charge in [0, 0.05) is 0 Å². The molecule has 0 radical (unpaired) electrons. The van der Waals surface area contributed by atoms with Gasteiger partial charge in [-0.25, -0.2) is 0 Å². The standard InChI is InChI=1S/C35H38O7/c1-33(2)38-21-29(39-33)35(22-36-19-23-13-15-25-9-5-7-11-27(25)17-23)31(30-32(42-35)41-34(3,4)40-30)37-20-24-14-16-26-10-6-8-12-28(26)18-24/h5-18,29-32H,19-22H2,1-4H3/t29-,30-,31+,32+,35+/m1/s1. The molecule has 3 fully saturated rings. The van der Waals surface area contributed by atoms with Gasteiger partial charge in [0.15, 0.2) is 23.5 Å². The van der Waals surface area contributed by atoms with E-state index >= 15 is 0 Å². The van der Waals surface area contributed by atoms with E-state index in [1.165, 1.54) is 21.5 Å². The van der Waals surface area contributed by atoms with E-state index in [-0.39, 0.29) is 6.61 Å². The molecule has 0 aliphatic carbocycles. The van der Waals surface area contributed by atoms with Crippen molar-refractivity contribution in [3.63, 3.8) is 0 Å². The van der Waals surface area contributed by atoms with Crippen LogP contribution >= 0.6 is 0 Å². The summed E-state index contributed by atoms with van der Waals surface area (Å²) >= 11 is 0. The molecule has 4 aromatic rings. The zero-order valence-corrected chi connectivity index (χ0v) is 24.6. The average molecular weight is 571 g/mol. The number of hydrogen-bond donors (Lipinski definition) is 0. The Morgan fingerprint density at radius 2 is 1.29 bits per heavy atom. The van der Waals surface area contributed by atoms with Gasteiger partial charge in [-0.05, 0) is 72.5 Å². The highest BCUT2D eigenvalue weighted by atomic mass is 16.9. The van der Waals surface area contributed by atoms with Crippen LogP contribution in [0.3, 0.4) is 0 Å². The Kier molecular flexibility index (Phi) is 7.10. The van der Waals surface area contributed by atoms with Crippen molar-refractivity contribution in [2.24, 2.45) is 0 Å². The van der Waals surface area contributed by atoms with Gasteiger partial charge >= 0.3 is 0 Å². The summed E-state index contributed by atoms with van der Waals surface area (Å²) < 4.78 is 45.0. The molecule has 0 aromatic heterocycles. The maximum absolute atomic E-state index is 6.76. The van der Waals surface area contributed by atoms with Crippen LogP contribution in [-0.2, 0) is 46.4 Å². The first kappa shape index (κ1) is 27.9. The van der Waals surface area contributed by atoms with Crippen LogP contribution in [0, 0.1) is 0 Å². The lowest BCUT2D eigenvalue weighted by molar-refractivity contribution is -0.281. The van der Waals surface area contributed by atoms with Gasteiger partial charge in [0.2, 0.25) is 0 Å². The molecule has 7 nitrogen and oxygen atoms in total. The molecule has 0 amide bonds. The largest absolute Gasteiger partial charge is 0.374 e. The predicted molar refractivity (Wildman–Crippen MR) is 159 cm³/mol. The van der Waals surface area contributed by atoms with Gasteiger partial charge < -0.3 is 33.2 Å². The summed E-state index contributed by atoms with van der Waals surface area (Å²) in [6.07, 6.45) is -2.07. The van der Waals surface area contributed by atoms with E-state index in [9.17, 15) is 0 Å². The van der Waals surface area contributed by atoms with Crippen LogP contribution in [0.1, 0.15) is 38.8 Å². The molecular weight excluding hydrogens is 532 g/mol. The Morgan fingerprint density at radius 1 is 0.667 bits per heavy atom. The van der Waals surface area contributed by atoms with Gasteiger partial charge in [0.1, 0.15) is 18.3 Å². The lowest BCUT2D eigenvalue weighted by Gasteiger charge is -2.40. The highest BCUT2D eigenvalue weighted by molar-refractivity contribution is 5.83. The van der Waals surface area contributed by atoms with Crippen molar-refractivity contribution >= 4 is 21.5 Å². The van der Waals surface area contributed by atoms with Crippen molar-refractivity contribution in [3.05, 3.63) is 96.1 Å². The van der Waals surface area contributed by atoms with Crippen LogP contribution in [0.15, 0.2) is 84.9 Å². The van der Waals surface area contributed by atoms with E-state index in [1.54, 1.807) is 0 Å². The normalized spacial score (nSPS) is 29.8. The van der Waals surface area contributed by atoms with Crippen LogP contribution in [0.2, 0.25) is 0 Å². The van der Waals surface area contributed by atoms with Crippen molar-refractivity contribution in [1.82, 2.24) is 0 Å². The Balaban J connectivity index is 1.17. The molecule has 0 unspecified atom stereocenters. The first-order chi connectivity index (χ1) is 20.2. The summed E-state index contributed by atoms with van der Waals surface area (Å²) in [5.41, 5.74) is 1.12. The van der Waals surface area contributed by atoms with E-state index in [4.69, 9.17) is 33.2 Å². The SMILES string of the molecule is CC1(C)O[C@H]2O[C@@](COCc3ccc4ccccc4c3)([C@H]3COC(C)(C)O3)[C@@H](OCc3ccc4ccccc4c3)[C@H]2O1. The van der Waals surface area contributed by atoms with Gasteiger partial charge in [-0.2, -0.15) is 0 Å². The quantitative estimate of drug-likeness (QED) is 0.240. The highest BCUT2D eigenvalue weighted by Gasteiger charge is 2.67. The molecule has 0 saturated carbocycles. The zero-order valence-electron chi connectivity index (χ0n) is 24.6. The molecule has 4 aromatic carbocycles. The highest BCUT2D eigenvalue weighted by Crippen LogP contribution is 2.48. The minimum absolute atomic E-state index is 0.215. The third-order valence-electron chi connectivity index (χ3n) is 8.41. The first-order valence-corrected chi connectivity index (χ1v) is 14.7. The average Bonchev–Trinajstić information content (AvgIpc) is 3.58. The Labute approximate surface area is 246 Å². The summed E-state index contributed by atoms with van der Waals surface area (Å²) in [7, 11) is 0. The maximum Gasteiger partial charge on any atom is 0.190 e. The fourth-order valence-corrected chi connectivity index (χ4v) is 6.42. The van der Waals surface area contributed by atoms with Crippen LogP contribution in [0.5, 0.6) is 0 Å². The minimum Gasteiger partial charge on any atom is -0.374 e. The fourth-order valence-electron chi connectivity index (χ4n) is 6.42. The zero-order chi connectivity index (χ0) is 29.0. The van der Waals surface area contributed by atoms with Gasteiger partial charge in [-0.15, -0.1) is 0 Å². The van der Waals surface area contributed by atoms with Gasteiger partial charge in [0.05, 0.1) is 26.4 Å². The van der Waals surface area contributed by atoms with Gasteiger partial charge in [0.25, 0.3) is 0 Å². The molecule has 3 aliphatic heterocycles. The predicted octanol–water partition coefficient (Wildman–Crippen LogP) is 6.49. The number of rotatable bonds is 8. The minimum atomic E-state index is -1.02. The number of benzene rings is 4. The molecule has 3 aliphatic rings. The second-order valence-corrected chi connectivity index (χ2v) is 12.4. The van der Waals surface area contributed by atoms with Gasteiger partial charge in [-0.3, -0.25) is 0 Å². The van der Waals surface area contributed by atoms with Crippen LogP contribution in [-0.4, -0.2) is 55.0 Å². The summed E-state index contributed by atoms with van der Waals surface area (Å²) in [6.45, 7) is 8.94. The van der Waals surface area contributed by atoms with Crippen molar-refractivity contribution in [2.75, 3.05) is 13.2 Å². The van der Waals surface area contributed by atoms with E-state index in [1.807, 2.05) is 52.0 Å². The van der Waals surface area contributed by atoms with Crippen molar-refractivity contribution in [3.8, 4) is 0 Å². The topological polar surface area (TPSA) is 64.6 Å². The first-order valence-electron chi connectivity index (χ1n) is 14.7. The summed E-state index contributed by atoms with van der Waals surface area (Å²) in [6, 6.07) is 29.4. The lowest BCUT2D eigenvalue weighted by atomic mass is 9.89. The van der Waals surface area contributed by atoms with Crippen LogP contribution < -0.4 is 0 Å². The van der Waals surface area contributed by atoms with E-state index in [2.05, 4.69) is 60.7 Å². The van der Waals surface area contributed by atoms with Gasteiger partial charge in [-0.1, -0.05) is 72.8 Å². The number of ether oxygens (including phenoxy) is 7. The Morgan fingerprint density at radius 3 is 1.90 bits per heavy atom. The lowest BCUT2D eigenvalue weighted by Crippen LogP contribution is -2.58. The summed E-state index contributed by atoms with van der Waals surface area (Å²) in [5.74, 6) is -1.56. The van der Waals surface area contributed by atoms with Crippen LogP contribution in [0.4, 0.5) is 0 Å². The third kappa shape index (κ3) is 5.35. The molecule has 0 N–H and O–H groups in total. The smallest absolute Gasteiger partial charge is 0.190 e. The monoisotopic (exact) mass is 570 g/mol. The van der Waals surface area contributed by atoms with Crippen LogP contribution in [0.25, 0.3) is 21.5 Å². The van der Waals surface area contributed by atoms with Crippen molar-refractivity contribution in [1.29, 1.82) is 0 Å². The molecule has 0 spiro atoms. The Hall–Kier alpha value is -2.88. The molecule has 0 bridgehead atoms. The summed E-state index contributed by atoms with van der Waals surface area (Å²) in [5, 5.41) is 4.73. The molecule has 42 heavy (non-hydrogen) atoms. The Bertz CT molecular complexity index is 1580. The second-order valence-electron chi connectivity index (χ2n) is 12.4. The number of hydrogen-bond acceptors (Lipinski definition) is 7. The van der Waals surface area contributed by atoms with E-state index < -0.39 is 41.8 Å². The molecule has 3 saturated heterocycles. The molecule has 7 heteroatoms. The summed E-state index contributed by atoms with van der Waals surface area (Å²) in [4.78, 5) is 0. The molecule has 5 atom stereocenters. The second kappa shape index (κ2) is 10.7. The number of fused-ring (bicyclic) bond motifs is 3. The van der Waals surface area contributed by atoms with E-state index in [0.29, 0.717) is 19.8 Å². The molecule has 3 heterocycles. The van der Waals surface area contributed by atoms with E-state index in [0.717, 1.165) is 11.1 Å². The molecule has 7 rings (SSSR count). The van der Waals surface area contributed by atoms with Crippen molar-refractivity contribution in [2.45, 2.75) is 82.7 Å².